The minimum absolute atomic E-state index is 0.414. The van der Waals surface area contributed by atoms with E-state index in [0.29, 0.717) is 17.1 Å². The summed E-state index contributed by atoms with van der Waals surface area (Å²) in [5, 5.41) is 4.60. The Labute approximate surface area is 131 Å². The van der Waals surface area contributed by atoms with Crippen molar-refractivity contribution >= 4 is 5.82 Å². The number of aromatic nitrogens is 3. The summed E-state index contributed by atoms with van der Waals surface area (Å²) >= 11 is 0. The molecule has 23 heavy (non-hydrogen) atoms. The van der Waals surface area contributed by atoms with Crippen LogP contribution in [-0.2, 0) is 13.0 Å². The molecule has 0 fully saturated rings. The first-order valence-corrected chi connectivity index (χ1v) is 7.40. The van der Waals surface area contributed by atoms with Gasteiger partial charge in [0.25, 0.3) is 0 Å². The summed E-state index contributed by atoms with van der Waals surface area (Å²) in [5.41, 5.74) is 9.89. The predicted molar refractivity (Wildman–Crippen MR) is 83.5 cm³/mol. The maximum absolute atomic E-state index is 13.6. The van der Waals surface area contributed by atoms with Gasteiger partial charge in [-0.05, 0) is 48.7 Å². The minimum Gasteiger partial charge on any atom is -0.384 e. The molecule has 6 heteroatoms. The smallest absolute Gasteiger partial charge is 0.159 e. The Morgan fingerprint density at radius 1 is 1.04 bits per heavy atom. The van der Waals surface area contributed by atoms with Gasteiger partial charge in [-0.1, -0.05) is 0 Å². The van der Waals surface area contributed by atoms with Crippen molar-refractivity contribution in [3.05, 3.63) is 53.9 Å². The molecule has 0 saturated heterocycles. The zero-order valence-corrected chi connectivity index (χ0v) is 12.3. The van der Waals surface area contributed by atoms with E-state index < -0.39 is 11.6 Å². The van der Waals surface area contributed by atoms with Gasteiger partial charge < -0.3 is 5.73 Å². The van der Waals surface area contributed by atoms with Crippen molar-refractivity contribution < 1.29 is 8.78 Å². The van der Waals surface area contributed by atoms with Gasteiger partial charge in [-0.25, -0.2) is 13.8 Å². The molecule has 4 rings (SSSR count). The van der Waals surface area contributed by atoms with Gasteiger partial charge in [0.05, 0.1) is 0 Å². The van der Waals surface area contributed by atoms with Crippen molar-refractivity contribution in [2.45, 2.75) is 19.4 Å². The van der Waals surface area contributed by atoms with Crippen LogP contribution in [0.2, 0.25) is 0 Å². The van der Waals surface area contributed by atoms with Gasteiger partial charge >= 0.3 is 0 Å². The lowest BCUT2D eigenvalue weighted by Crippen LogP contribution is -1.94. The number of nitrogens with zero attached hydrogens (tertiary/aromatic N) is 3. The normalized spacial score (nSPS) is 13.3. The Balaban J connectivity index is 1.95. The zero-order valence-electron chi connectivity index (χ0n) is 12.3. The summed E-state index contributed by atoms with van der Waals surface area (Å²) in [4.78, 5) is 4.01. The Morgan fingerprint density at radius 2 is 1.91 bits per heavy atom. The summed E-state index contributed by atoms with van der Waals surface area (Å²) in [6, 6.07) is 7.49. The van der Waals surface area contributed by atoms with E-state index >= 15 is 0 Å². The molecular weight excluding hydrogens is 298 g/mol. The van der Waals surface area contributed by atoms with Crippen molar-refractivity contribution in [3.63, 3.8) is 0 Å². The average Bonchev–Trinajstić information content (AvgIpc) is 3.10. The average molecular weight is 312 g/mol. The zero-order chi connectivity index (χ0) is 16.0. The molecule has 116 valence electrons. The van der Waals surface area contributed by atoms with Crippen LogP contribution in [0, 0.1) is 11.6 Å². The molecule has 0 spiro atoms. The maximum Gasteiger partial charge on any atom is 0.159 e. The van der Waals surface area contributed by atoms with Crippen molar-refractivity contribution in [3.8, 4) is 22.4 Å². The van der Waals surface area contributed by atoms with Crippen LogP contribution in [0.4, 0.5) is 14.6 Å². The van der Waals surface area contributed by atoms with E-state index in [1.807, 2.05) is 10.7 Å². The standard InChI is InChI=1S/C17H14F2N4/c18-12-4-3-11(8-13(12)19)17-16(10-5-6-21-15(20)9-10)14-2-1-7-23(14)22-17/h3-6,8-9H,1-2,7H2,(H2,20,21). The van der Waals surface area contributed by atoms with Crippen LogP contribution in [0.3, 0.4) is 0 Å². The lowest BCUT2D eigenvalue weighted by Gasteiger charge is -2.06. The molecule has 0 aliphatic carbocycles. The van der Waals surface area contributed by atoms with Crippen LogP contribution in [0.5, 0.6) is 0 Å². The Kier molecular flexibility index (Phi) is 3.11. The van der Waals surface area contributed by atoms with E-state index in [1.165, 1.54) is 6.07 Å². The number of hydrogen-bond donors (Lipinski definition) is 1. The molecule has 0 saturated carbocycles. The number of nitrogens with two attached hydrogens (primary N) is 1. The minimum atomic E-state index is -0.879. The fourth-order valence-corrected chi connectivity index (χ4v) is 3.08. The first-order chi connectivity index (χ1) is 11.1. The van der Waals surface area contributed by atoms with Crippen molar-refractivity contribution in [2.24, 2.45) is 0 Å². The molecule has 3 heterocycles. The molecule has 0 amide bonds. The highest BCUT2D eigenvalue weighted by atomic mass is 19.2. The van der Waals surface area contributed by atoms with Gasteiger partial charge in [-0.3, -0.25) is 4.68 Å². The van der Waals surface area contributed by atoms with Gasteiger partial charge in [0.2, 0.25) is 0 Å². The van der Waals surface area contributed by atoms with E-state index in [9.17, 15) is 8.78 Å². The van der Waals surface area contributed by atoms with E-state index in [-0.39, 0.29) is 0 Å². The third kappa shape index (κ3) is 2.27. The Hall–Kier alpha value is -2.76. The number of hydrogen-bond acceptors (Lipinski definition) is 3. The second-order valence-electron chi connectivity index (χ2n) is 5.60. The lowest BCUT2D eigenvalue weighted by atomic mass is 9.98. The van der Waals surface area contributed by atoms with Gasteiger partial charge in [-0.2, -0.15) is 5.10 Å². The molecule has 1 aliphatic heterocycles. The second-order valence-corrected chi connectivity index (χ2v) is 5.60. The van der Waals surface area contributed by atoms with E-state index in [1.54, 1.807) is 18.3 Å². The predicted octanol–water partition coefficient (Wildman–Crippen LogP) is 3.42. The van der Waals surface area contributed by atoms with Crippen LogP contribution in [0.1, 0.15) is 12.1 Å². The number of rotatable bonds is 2. The van der Waals surface area contributed by atoms with Crippen LogP contribution in [-0.4, -0.2) is 14.8 Å². The molecule has 2 aromatic heterocycles. The van der Waals surface area contributed by atoms with Crippen LogP contribution in [0.25, 0.3) is 22.4 Å². The van der Waals surface area contributed by atoms with Gasteiger partial charge in [0.1, 0.15) is 11.5 Å². The lowest BCUT2D eigenvalue weighted by molar-refractivity contribution is 0.509. The van der Waals surface area contributed by atoms with Crippen LogP contribution in [0.15, 0.2) is 36.5 Å². The number of benzene rings is 1. The molecule has 1 aromatic carbocycles. The monoisotopic (exact) mass is 312 g/mol. The summed E-state index contributed by atoms with van der Waals surface area (Å²) in [6.07, 6.45) is 3.56. The third-order valence-corrected chi connectivity index (χ3v) is 4.10. The largest absolute Gasteiger partial charge is 0.384 e. The summed E-state index contributed by atoms with van der Waals surface area (Å²) in [6.45, 7) is 0.826. The molecule has 4 nitrogen and oxygen atoms in total. The fourth-order valence-electron chi connectivity index (χ4n) is 3.08. The SMILES string of the molecule is Nc1cc(-c2c(-c3ccc(F)c(F)c3)nn3c2CCC3)ccn1. The first kappa shape index (κ1) is 13.9. The van der Waals surface area contributed by atoms with Crippen LogP contribution >= 0.6 is 0 Å². The number of fused-ring (bicyclic) bond motifs is 1. The van der Waals surface area contributed by atoms with E-state index in [2.05, 4.69) is 10.1 Å². The summed E-state index contributed by atoms with van der Waals surface area (Å²) < 4.78 is 28.8. The number of pyridine rings is 1. The van der Waals surface area contributed by atoms with Crippen molar-refractivity contribution in [1.29, 1.82) is 0 Å². The molecule has 0 atom stereocenters. The van der Waals surface area contributed by atoms with Gasteiger partial charge in [0.15, 0.2) is 11.6 Å². The molecule has 1 aliphatic rings. The molecular formula is C17H14F2N4. The first-order valence-electron chi connectivity index (χ1n) is 7.40. The number of halogens is 2. The van der Waals surface area contributed by atoms with Gasteiger partial charge in [0, 0.05) is 29.6 Å². The van der Waals surface area contributed by atoms with Crippen molar-refractivity contribution in [2.75, 3.05) is 5.73 Å². The summed E-state index contributed by atoms with van der Waals surface area (Å²) in [5.74, 6) is -1.33. The van der Waals surface area contributed by atoms with E-state index in [4.69, 9.17) is 5.73 Å². The highest BCUT2D eigenvalue weighted by Gasteiger charge is 2.24. The number of anilines is 1. The third-order valence-electron chi connectivity index (χ3n) is 4.10. The fraction of sp³-hybridized carbons (Fsp3) is 0.176. The van der Waals surface area contributed by atoms with Gasteiger partial charge in [-0.15, -0.1) is 0 Å². The highest BCUT2D eigenvalue weighted by molar-refractivity contribution is 5.83. The molecule has 0 radical (unpaired) electrons. The number of nitrogen functional groups attached to an aromatic ring is 1. The molecule has 0 bridgehead atoms. The van der Waals surface area contributed by atoms with Crippen molar-refractivity contribution in [1.82, 2.24) is 14.8 Å². The summed E-state index contributed by atoms with van der Waals surface area (Å²) in [7, 11) is 0. The molecule has 2 N–H and O–H groups in total. The highest BCUT2D eigenvalue weighted by Crippen LogP contribution is 2.38. The van der Waals surface area contributed by atoms with Crippen LogP contribution < -0.4 is 5.73 Å². The molecule has 0 unspecified atom stereocenters. The Bertz CT molecular complexity index is 902. The van der Waals surface area contributed by atoms with E-state index in [0.717, 1.165) is 42.3 Å². The Morgan fingerprint density at radius 3 is 2.70 bits per heavy atom. The maximum atomic E-state index is 13.6. The molecule has 3 aromatic rings. The quantitative estimate of drug-likeness (QED) is 0.789. The topological polar surface area (TPSA) is 56.7 Å². The second kappa shape index (κ2) is 5.15. The number of aryl methyl sites for hydroxylation is 1.